The molecule has 1 spiro atoms. The SMILES string of the molecule is CNS(=O)(=O)C1CC(OC)C12CCC2. The molecule has 82 valence electrons. The van der Waals surface area contributed by atoms with Crippen molar-refractivity contribution in [3.05, 3.63) is 0 Å². The smallest absolute Gasteiger partial charge is 0.214 e. The third-order valence-electron chi connectivity index (χ3n) is 3.94. The van der Waals surface area contributed by atoms with Gasteiger partial charge < -0.3 is 4.74 Å². The minimum atomic E-state index is -3.10. The molecule has 0 amide bonds. The van der Waals surface area contributed by atoms with E-state index >= 15 is 0 Å². The summed E-state index contributed by atoms with van der Waals surface area (Å²) in [5.74, 6) is 0. The van der Waals surface area contributed by atoms with Crippen molar-refractivity contribution in [3.63, 3.8) is 0 Å². The lowest BCUT2D eigenvalue weighted by atomic mass is 9.54. The normalized spacial score (nSPS) is 35.0. The predicted molar refractivity (Wildman–Crippen MR) is 53.5 cm³/mol. The van der Waals surface area contributed by atoms with Crippen molar-refractivity contribution in [1.29, 1.82) is 0 Å². The first-order valence-electron chi connectivity index (χ1n) is 5.02. The zero-order chi connectivity index (χ0) is 10.4. The maximum atomic E-state index is 11.7. The van der Waals surface area contributed by atoms with Crippen LogP contribution in [0.4, 0.5) is 0 Å². The minimum Gasteiger partial charge on any atom is -0.381 e. The topological polar surface area (TPSA) is 55.4 Å². The third-order valence-corrected chi connectivity index (χ3v) is 5.92. The fraction of sp³-hybridized carbons (Fsp3) is 1.00. The first-order valence-corrected chi connectivity index (χ1v) is 6.56. The molecule has 0 aromatic heterocycles. The van der Waals surface area contributed by atoms with Crippen molar-refractivity contribution in [1.82, 2.24) is 4.72 Å². The second-order valence-electron chi connectivity index (χ2n) is 4.28. The highest BCUT2D eigenvalue weighted by atomic mass is 32.2. The minimum absolute atomic E-state index is 0.0589. The Bertz CT molecular complexity index is 321. The molecule has 4 nitrogen and oxygen atoms in total. The Labute approximate surface area is 85.1 Å². The standard InChI is InChI=1S/C9H17NO3S/c1-10-14(11,12)8-6-7(13-2)9(8)4-3-5-9/h7-8,10H,3-6H2,1-2H3. The van der Waals surface area contributed by atoms with E-state index in [2.05, 4.69) is 4.72 Å². The summed E-state index contributed by atoms with van der Waals surface area (Å²) in [7, 11) is 0.0585. The third kappa shape index (κ3) is 1.15. The molecule has 5 heteroatoms. The second-order valence-corrected chi connectivity index (χ2v) is 6.35. The fourth-order valence-corrected chi connectivity index (χ4v) is 4.57. The summed E-state index contributed by atoms with van der Waals surface area (Å²) in [6.45, 7) is 0. The maximum absolute atomic E-state index is 11.7. The van der Waals surface area contributed by atoms with Gasteiger partial charge in [-0.2, -0.15) is 0 Å². The van der Waals surface area contributed by atoms with E-state index in [4.69, 9.17) is 4.74 Å². The second kappa shape index (κ2) is 3.18. The summed E-state index contributed by atoms with van der Waals surface area (Å²) >= 11 is 0. The van der Waals surface area contributed by atoms with Crippen molar-refractivity contribution in [3.8, 4) is 0 Å². The largest absolute Gasteiger partial charge is 0.381 e. The van der Waals surface area contributed by atoms with Gasteiger partial charge >= 0.3 is 0 Å². The van der Waals surface area contributed by atoms with Gasteiger partial charge in [0.1, 0.15) is 0 Å². The number of hydrogen-bond donors (Lipinski definition) is 1. The van der Waals surface area contributed by atoms with Crippen molar-refractivity contribution in [2.24, 2.45) is 5.41 Å². The van der Waals surface area contributed by atoms with Crippen molar-refractivity contribution >= 4 is 10.0 Å². The summed E-state index contributed by atoms with van der Waals surface area (Å²) in [5.41, 5.74) is -0.0589. The quantitative estimate of drug-likeness (QED) is 0.751. The molecule has 0 aromatic rings. The van der Waals surface area contributed by atoms with E-state index < -0.39 is 10.0 Å². The lowest BCUT2D eigenvalue weighted by Gasteiger charge is -2.59. The average molecular weight is 219 g/mol. The Morgan fingerprint density at radius 1 is 1.43 bits per heavy atom. The summed E-state index contributed by atoms with van der Waals surface area (Å²) in [6, 6.07) is 0. The molecule has 2 aliphatic rings. The Hall–Kier alpha value is -0.130. The lowest BCUT2D eigenvalue weighted by Crippen LogP contribution is -2.65. The van der Waals surface area contributed by atoms with Gasteiger partial charge in [0.2, 0.25) is 10.0 Å². The Morgan fingerprint density at radius 2 is 2.07 bits per heavy atom. The van der Waals surface area contributed by atoms with Crippen LogP contribution >= 0.6 is 0 Å². The van der Waals surface area contributed by atoms with E-state index in [0.29, 0.717) is 6.42 Å². The van der Waals surface area contributed by atoms with E-state index in [0.717, 1.165) is 19.3 Å². The first kappa shape index (κ1) is 10.4. The van der Waals surface area contributed by atoms with Crippen molar-refractivity contribution in [2.75, 3.05) is 14.2 Å². The van der Waals surface area contributed by atoms with Crippen molar-refractivity contribution in [2.45, 2.75) is 37.0 Å². The van der Waals surface area contributed by atoms with Gasteiger partial charge in [0.05, 0.1) is 11.4 Å². The highest BCUT2D eigenvalue weighted by molar-refractivity contribution is 7.90. The van der Waals surface area contributed by atoms with E-state index in [1.165, 1.54) is 7.05 Å². The van der Waals surface area contributed by atoms with Crippen LogP contribution in [0.2, 0.25) is 0 Å². The molecule has 0 saturated heterocycles. The van der Waals surface area contributed by atoms with Gasteiger partial charge in [0.15, 0.2) is 0 Å². The Balaban J connectivity index is 2.18. The van der Waals surface area contributed by atoms with Gasteiger partial charge in [0.25, 0.3) is 0 Å². The van der Waals surface area contributed by atoms with Crippen LogP contribution in [0.15, 0.2) is 0 Å². The van der Waals surface area contributed by atoms with Crippen LogP contribution in [-0.2, 0) is 14.8 Å². The number of ether oxygens (including phenoxy) is 1. The molecule has 2 aliphatic carbocycles. The lowest BCUT2D eigenvalue weighted by molar-refractivity contribution is -0.130. The average Bonchev–Trinajstić information content (AvgIpc) is 2.00. The zero-order valence-corrected chi connectivity index (χ0v) is 9.43. The van der Waals surface area contributed by atoms with E-state index in [-0.39, 0.29) is 16.8 Å². The predicted octanol–water partition coefficient (Wildman–Crippen LogP) is 0.493. The molecule has 2 atom stereocenters. The van der Waals surface area contributed by atoms with Crippen LogP contribution < -0.4 is 4.72 Å². The molecule has 2 saturated carbocycles. The van der Waals surface area contributed by atoms with E-state index in [1.807, 2.05) is 0 Å². The highest BCUT2D eigenvalue weighted by Crippen LogP contribution is 2.59. The maximum Gasteiger partial charge on any atom is 0.214 e. The van der Waals surface area contributed by atoms with Gasteiger partial charge in [-0.15, -0.1) is 0 Å². The Morgan fingerprint density at radius 3 is 2.43 bits per heavy atom. The first-order chi connectivity index (χ1) is 6.57. The summed E-state index contributed by atoms with van der Waals surface area (Å²) in [5, 5.41) is -0.223. The molecule has 2 fully saturated rings. The zero-order valence-electron chi connectivity index (χ0n) is 8.62. The Kier molecular flexibility index (Phi) is 2.36. The molecule has 1 N–H and O–H groups in total. The van der Waals surface area contributed by atoms with Gasteiger partial charge in [-0.05, 0) is 26.3 Å². The molecule has 14 heavy (non-hydrogen) atoms. The fourth-order valence-electron chi connectivity index (χ4n) is 2.85. The van der Waals surface area contributed by atoms with Crippen LogP contribution in [0.5, 0.6) is 0 Å². The van der Waals surface area contributed by atoms with Crippen LogP contribution in [0.3, 0.4) is 0 Å². The number of rotatable bonds is 3. The number of nitrogens with one attached hydrogen (secondary N) is 1. The molecule has 0 radical (unpaired) electrons. The van der Waals surface area contributed by atoms with Gasteiger partial charge in [-0.3, -0.25) is 0 Å². The molecule has 2 unspecified atom stereocenters. The van der Waals surface area contributed by atoms with Crippen LogP contribution in [0.1, 0.15) is 25.7 Å². The van der Waals surface area contributed by atoms with Gasteiger partial charge in [0, 0.05) is 12.5 Å². The van der Waals surface area contributed by atoms with E-state index in [9.17, 15) is 8.42 Å². The van der Waals surface area contributed by atoms with E-state index in [1.54, 1.807) is 7.11 Å². The van der Waals surface area contributed by atoms with Gasteiger partial charge in [-0.25, -0.2) is 13.1 Å². The summed E-state index contributed by atoms with van der Waals surface area (Å²) in [4.78, 5) is 0. The highest BCUT2D eigenvalue weighted by Gasteiger charge is 2.63. The molecule has 0 aliphatic heterocycles. The van der Waals surface area contributed by atoms with Crippen LogP contribution in [0.25, 0.3) is 0 Å². The monoisotopic (exact) mass is 219 g/mol. The molecule has 2 rings (SSSR count). The molecular formula is C9H17NO3S. The summed E-state index contributed by atoms with van der Waals surface area (Å²) < 4.78 is 31.1. The molecule has 0 heterocycles. The number of methoxy groups -OCH3 is 1. The van der Waals surface area contributed by atoms with Crippen molar-refractivity contribution < 1.29 is 13.2 Å². The molecule has 0 aromatic carbocycles. The molecule has 0 bridgehead atoms. The van der Waals surface area contributed by atoms with Crippen LogP contribution in [0, 0.1) is 5.41 Å². The summed E-state index contributed by atoms with van der Waals surface area (Å²) in [6.07, 6.45) is 3.94. The number of sulfonamides is 1. The van der Waals surface area contributed by atoms with Gasteiger partial charge in [-0.1, -0.05) is 6.42 Å². The molecular weight excluding hydrogens is 202 g/mol. The number of hydrogen-bond acceptors (Lipinski definition) is 3. The van der Waals surface area contributed by atoms with Crippen LogP contribution in [-0.4, -0.2) is 33.9 Å².